The fourth-order valence-electron chi connectivity index (χ4n) is 11.9. The first-order chi connectivity index (χ1) is 53.3. The number of benzene rings is 12. The van der Waals surface area contributed by atoms with Crippen molar-refractivity contribution in [2.45, 2.75) is 41.5 Å². The number of halogens is 2. The number of nitrogens with zero attached hydrogens (tertiary/aromatic N) is 14. The molecule has 0 bridgehead atoms. The predicted octanol–water partition coefficient (Wildman–Crippen LogP) is 23.9. The molecule has 16 aromatic rings. The van der Waals surface area contributed by atoms with E-state index in [0.29, 0.717) is 11.1 Å². The smallest absolute Gasteiger partial charge is 2.00 e. The van der Waals surface area contributed by atoms with Crippen LogP contribution in [0.1, 0.15) is 44.8 Å². The summed E-state index contributed by atoms with van der Waals surface area (Å²) in [5, 5.41) is 36.6. The Hall–Kier alpha value is -12.4. The minimum atomic E-state index is -0.472. The van der Waals surface area contributed by atoms with Crippen LogP contribution in [0.5, 0.6) is 0 Å². The predicted molar refractivity (Wildman–Crippen MR) is 440 cm³/mol. The van der Waals surface area contributed by atoms with E-state index in [9.17, 15) is 0 Å². The largest absolute Gasteiger partial charge is 2.00 e. The minimum absolute atomic E-state index is 0. The molecule has 0 aliphatic heterocycles. The van der Waals surface area contributed by atoms with Gasteiger partial charge in [-0.25, -0.2) is 9.36 Å². The van der Waals surface area contributed by atoms with Gasteiger partial charge in [0.1, 0.15) is 0 Å². The Balaban J connectivity index is 0.000000174. The zero-order valence-corrected chi connectivity index (χ0v) is 67.2. The summed E-state index contributed by atoms with van der Waals surface area (Å²) in [5.74, 6) is 3.07. The van der Waals surface area contributed by atoms with Crippen LogP contribution in [0.2, 0.25) is 0 Å². The van der Waals surface area contributed by atoms with Crippen molar-refractivity contribution in [2.75, 3.05) is 19.6 Å². The molecule has 548 valence electrons. The molecule has 0 aliphatic rings. The molecule has 0 aliphatic carbocycles. The van der Waals surface area contributed by atoms with Crippen molar-refractivity contribution in [2.24, 2.45) is 0 Å². The van der Waals surface area contributed by atoms with Crippen molar-refractivity contribution >= 4 is 87.6 Å². The first kappa shape index (κ1) is 78.7. The van der Waals surface area contributed by atoms with E-state index >= 15 is 0 Å². The summed E-state index contributed by atoms with van der Waals surface area (Å²) in [6.07, 6.45) is 3.94. The maximum absolute atomic E-state index is 8.29. The van der Waals surface area contributed by atoms with Crippen molar-refractivity contribution in [1.29, 1.82) is 10.5 Å². The van der Waals surface area contributed by atoms with Crippen LogP contribution in [0.15, 0.2) is 352 Å². The third-order valence-electron chi connectivity index (χ3n) is 17.4. The van der Waals surface area contributed by atoms with Crippen LogP contribution >= 0.6 is 18.8 Å². The van der Waals surface area contributed by atoms with E-state index in [1.165, 1.54) is 22.3 Å². The van der Waals surface area contributed by atoms with Gasteiger partial charge in [0.05, 0.1) is 34.6 Å². The molecule has 0 fully saturated rings. The van der Waals surface area contributed by atoms with Gasteiger partial charge in [-0.05, 0) is 199 Å². The van der Waals surface area contributed by atoms with E-state index in [-0.39, 0.29) is 21.1 Å². The Morgan fingerprint density at radius 1 is 0.309 bits per heavy atom. The SMILES string of the molecule is Cc1ccc(N(c2ccc(C)cc2)c2ccc(N(c3ccn(-c4[c-]cccc4)n3)c3cc(C)n(-c4[c-]cccc4)n3)cc2)cc1.Cc1ccc(N(c2ccc(C)cc2)c2ccc(N(c3ccn(-c4ccccc4)n3)c3cc(C)n(-c4ccccc4)n3)cc2)cc1.N#Cc1ccccc1.N#Cc1ccccc1.[Cl][Pt][Cl].[Pt+2]. The summed E-state index contributed by atoms with van der Waals surface area (Å²) in [4.78, 5) is 8.75. The molecule has 0 atom stereocenters. The molecule has 0 saturated carbocycles. The number of aromatic nitrogens is 8. The van der Waals surface area contributed by atoms with E-state index in [1.807, 2.05) is 177 Å². The van der Waals surface area contributed by atoms with Gasteiger partial charge >= 0.3 is 56.4 Å². The second-order valence-electron chi connectivity index (χ2n) is 25.2. The number of aryl methyl sites for hydroxylation is 6. The van der Waals surface area contributed by atoms with Gasteiger partial charge in [-0.1, -0.05) is 144 Å². The van der Waals surface area contributed by atoms with Crippen LogP contribution in [0, 0.1) is 76.3 Å². The molecule has 4 aromatic heterocycles. The van der Waals surface area contributed by atoms with Gasteiger partial charge in [-0.3, -0.25) is 19.2 Å². The molecule has 0 amide bonds. The summed E-state index contributed by atoms with van der Waals surface area (Å²) in [6, 6.07) is 125. The van der Waals surface area contributed by atoms with Crippen LogP contribution in [-0.4, -0.2) is 39.1 Å². The van der Waals surface area contributed by atoms with Crippen molar-refractivity contribution in [1.82, 2.24) is 39.1 Å². The van der Waals surface area contributed by atoms with Crippen LogP contribution in [0.4, 0.5) is 68.8 Å². The van der Waals surface area contributed by atoms with E-state index < -0.39 is 16.5 Å². The number of hydrogen-bond donors (Lipinski definition) is 0. The molecule has 110 heavy (non-hydrogen) atoms. The van der Waals surface area contributed by atoms with Gasteiger partial charge in [-0.15, -0.1) is 22.3 Å². The van der Waals surface area contributed by atoms with E-state index in [4.69, 9.17) is 49.8 Å². The number of hydrogen-bond acceptors (Lipinski definition) is 10. The number of nitriles is 2. The summed E-state index contributed by atoms with van der Waals surface area (Å²) in [6.45, 7) is 12.6. The summed E-state index contributed by atoms with van der Waals surface area (Å²) in [7, 11) is 9.75. The summed E-state index contributed by atoms with van der Waals surface area (Å²) in [5.41, 5.74) is 20.5. The number of anilines is 12. The second kappa shape index (κ2) is 38.9. The monoisotopic (exact) mass is 1840 g/mol. The molecule has 0 unspecified atom stereocenters. The van der Waals surface area contributed by atoms with Crippen molar-refractivity contribution in [3.05, 3.63) is 409 Å². The van der Waals surface area contributed by atoms with Crippen molar-refractivity contribution in [3.8, 4) is 34.9 Å². The van der Waals surface area contributed by atoms with Gasteiger partial charge in [-0.2, -0.15) is 69.3 Å². The van der Waals surface area contributed by atoms with Gasteiger partial charge in [0, 0.05) is 93.5 Å². The summed E-state index contributed by atoms with van der Waals surface area (Å²) < 4.78 is 7.62. The van der Waals surface area contributed by atoms with Crippen LogP contribution in [0.3, 0.4) is 0 Å². The maximum atomic E-state index is 8.29. The third kappa shape index (κ3) is 20.2. The van der Waals surface area contributed by atoms with E-state index in [0.717, 1.165) is 103 Å². The average Bonchev–Trinajstić information content (AvgIpc) is 1.41. The average molecular weight is 1840 g/mol. The standard InChI is InChI=1S/C39H34N6.C39H32N6.2C7H5N.2ClH.2Pt/c2*1-29-14-18-33(19-15-29)43(34-20-16-30(2)17-21-34)35-22-24-36(25-23-35)44(38-26-27-42(40-38)32-10-6-4-7-11-32)39-28-31(3)45(41-39)37-12-8-5-9-13-37;2*8-6-7-4-2-1-3-5-7;;;;/h4-28H,1-3H3;4-10,12,14-28H,1-3H3;2*1-5H;2*1H;;/q;-2;;;;;2*+2/p-2. The first-order valence-electron chi connectivity index (χ1n) is 35.0. The fourth-order valence-corrected chi connectivity index (χ4v) is 11.9. The fraction of sp³-hybridized carbons (Fsp3) is 0.0652. The van der Waals surface area contributed by atoms with Gasteiger partial charge in [0.25, 0.3) is 0 Å². The normalized spacial score (nSPS) is 10.3. The van der Waals surface area contributed by atoms with Crippen LogP contribution in [0.25, 0.3) is 22.7 Å². The molecule has 0 saturated heterocycles. The Morgan fingerprint density at radius 3 is 0.945 bits per heavy atom. The van der Waals surface area contributed by atoms with Crippen molar-refractivity contribution in [3.63, 3.8) is 0 Å². The van der Waals surface area contributed by atoms with Crippen LogP contribution < -0.4 is 19.6 Å². The molecule has 14 nitrogen and oxygen atoms in total. The van der Waals surface area contributed by atoms with Gasteiger partial charge in [0.15, 0.2) is 23.3 Å². The molecular weight excluding hydrogens is 1760 g/mol. The van der Waals surface area contributed by atoms with Crippen molar-refractivity contribution < 1.29 is 37.5 Å². The maximum Gasteiger partial charge on any atom is 2.00 e. The van der Waals surface area contributed by atoms with E-state index in [1.54, 1.807) is 24.3 Å². The molecule has 12 aromatic carbocycles. The molecule has 0 radical (unpaired) electrons. The molecule has 4 heterocycles. The topological polar surface area (TPSA) is 132 Å². The third-order valence-corrected chi connectivity index (χ3v) is 17.4. The van der Waals surface area contributed by atoms with Crippen LogP contribution in [-0.2, 0) is 37.5 Å². The Labute approximate surface area is 674 Å². The molecule has 0 N–H and O–H groups in total. The zero-order valence-electron chi connectivity index (χ0n) is 61.1. The Morgan fingerprint density at radius 2 is 0.600 bits per heavy atom. The number of rotatable bonds is 16. The van der Waals surface area contributed by atoms with Gasteiger partial charge < -0.3 is 9.80 Å². The molecule has 18 heteroatoms. The molecular formula is C92H76Cl2N14Pt2. The van der Waals surface area contributed by atoms with Gasteiger partial charge in [0.2, 0.25) is 0 Å². The Bertz CT molecular complexity index is 5120. The molecule has 16 rings (SSSR count). The number of para-hydroxylation sites is 4. The second-order valence-corrected chi connectivity index (χ2v) is 28.5. The van der Waals surface area contributed by atoms with E-state index in [2.05, 4.69) is 255 Å². The Kier molecular flexibility index (Phi) is 27.9. The quantitative estimate of drug-likeness (QED) is 0.0862. The summed E-state index contributed by atoms with van der Waals surface area (Å²) >= 11 is -0.472. The molecule has 0 spiro atoms. The minimum Gasteiger partial charge on any atom is 2.00 e. The zero-order chi connectivity index (χ0) is 75.9. The first-order valence-corrected chi connectivity index (χ1v) is 40.7.